The van der Waals surface area contributed by atoms with Crippen LogP contribution in [0.15, 0.2) is 48.5 Å². The number of Topliss-reactive ketones (excluding diaryl/α,β-unsaturated/α-hetero) is 1. The number of carbonyl (C=O) groups excluding carboxylic acids is 1. The molecule has 0 saturated carbocycles. The maximum absolute atomic E-state index is 13.5. The summed E-state index contributed by atoms with van der Waals surface area (Å²) in [4.78, 5) is 13.5. The fourth-order valence-electron chi connectivity index (χ4n) is 3.97. The van der Waals surface area contributed by atoms with Gasteiger partial charge in [0, 0.05) is 16.5 Å². The van der Waals surface area contributed by atoms with Gasteiger partial charge in [-0.25, -0.2) is 0 Å². The second kappa shape index (κ2) is 10.7. The number of benzene rings is 2. The maximum Gasteiger partial charge on any atom is 0.162 e. The lowest BCUT2D eigenvalue weighted by atomic mass is 9.89. The number of fused-ring (bicyclic) bond motifs is 1. The van der Waals surface area contributed by atoms with Gasteiger partial charge in [-0.15, -0.1) is 0 Å². The number of hydrogen-bond acceptors (Lipinski definition) is 4. The zero-order valence-electron chi connectivity index (χ0n) is 22.8. The van der Waals surface area contributed by atoms with Crippen molar-refractivity contribution >= 4 is 24.8 Å². The van der Waals surface area contributed by atoms with Gasteiger partial charge in [0.05, 0.1) is 28.4 Å². The zero-order chi connectivity index (χ0) is 25.9. The van der Waals surface area contributed by atoms with Gasteiger partial charge in [-0.3, -0.25) is 9.48 Å². The molecule has 0 radical (unpaired) electrons. The molecule has 3 aromatic rings. The van der Waals surface area contributed by atoms with Gasteiger partial charge in [-0.2, -0.15) is 5.10 Å². The van der Waals surface area contributed by atoms with Gasteiger partial charge in [0.2, 0.25) is 0 Å². The van der Waals surface area contributed by atoms with Crippen molar-refractivity contribution in [3.8, 4) is 5.75 Å². The molecule has 0 N–H and O–H groups in total. The molecule has 0 aliphatic heterocycles. The highest BCUT2D eigenvalue weighted by molar-refractivity contribution is 6.80. The Balaban J connectivity index is 1.82. The molecule has 0 unspecified atom stereocenters. The van der Waals surface area contributed by atoms with Crippen LogP contribution < -0.4 is 4.74 Å². The monoisotopic (exact) mass is 494 g/mol. The Labute approximate surface area is 211 Å². The Morgan fingerprint density at radius 3 is 2.31 bits per heavy atom. The van der Waals surface area contributed by atoms with Crippen LogP contribution >= 0.6 is 0 Å². The molecule has 35 heavy (non-hydrogen) atoms. The lowest BCUT2D eigenvalue weighted by Crippen LogP contribution is -2.37. The normalized spacial score (nSPS) is 12.8. The summed E-state index contributed by atoms with van der Waals surface area (Å²) in [5, 5.41) is 6.26. The Kier molecular flexibility index (Phi) is 8.27. The summed E-state index contributed by atoms with van der Waals surface area (Å²) in [7, 11) is 0.171. The topological polar surface area (TPSA) is 53.4 Å². The number of aromatic nitrogens is 2. The van der Waals surface area contributed by atoms with E-state index in [1.54, 1.807) is 7.11 Å². The van der Waals surface area contributed by atoms with Crippen molar-refractivity contribution in [2.24, 2.45) is 5.41 Å². The highest BCUT2D eigenvalue weighted by Gasteiger charge is 2.35. The van der Waals surface area contributed by atoms with Crippen molar-refractivity contribution in [1.82, 2.24) is 9.78 Å². The molecule has 0 saturated heterocycles. The maximum atomic E-state index is 13.5. The molecule has 0 fully saturated rings. The van der Waals surface area contributed by atoms with Crippen LogP contribution in [-0.4, -0.2) is 37.4 Å². The molecule has 0 bridgehead atoms. The Hall–Kier alpha value is -2.44. The van der Waals surface area contributed by atoms with Gasteiger partial charge >= 0.3 is 0 Å². The molecule has 1 heterocycles. The average Bonchev–Trinajstić information content (AvgIpc) is 3.14. The summed E-state index contributed by atoms with van der Waals surface area (Å²) in [5.74, 6) is 0.860. The van der Waals surface area contributed by atoms with Crippen LogP contribution in [0, 0.1) is 5.41 Å². The number of rotatable bonds is 11. The van der Waals surface area contributed by atoms with E-state index >= 15 is 0 Å². The second-order valence-electron chi connectivity index (χ2n) is 11.9. The third-order valence-electron chi connectivity index (χ3n) is 7.70. The van der Waals surface area contributed by atoms with Gasteiger partial charge in [0.1, 0.15) is 17.8 Å². The molecule has 3 rings (SSSR count). The van der Waals surface area contributed by atoms with E-state index in [1.807, 2.05) is 61.0 Å². The minimum Gasteiger partial charge on any atom is -0.494 e. The molecule has 1 aromatic heterocycles. The molecule has 2 aromatic carbocycles. The first kappa shape index (κ1) is 27.1. The SMILES string of the molecule is COc1cccc2c(CC[Si](C)(C)C(C)(C)C)n(CC(=O)C(C)(C)COCc3ccccc3)nc12. The predicted molar refractivity (Wildman–Crippen MR) is 147 cm³/mol. The number of hydrogen-bond donors (Lipinski definition) is 0. The van der Waals surface area contributed by atoms with Crippen LogP contribution in [-0.2, 0) is 29.1 Å². The van der Waals surface area contributed by atoms with Gasteiger partial charge in [-0.1, -0.05) is 96.2 Å². The van der Waals surface area contributed by atoms with E-state index in [0.29, 0.717) is 18.3 Å². The summed E-state index contributed by atoms with van der Waals surface area (Å²) in [5.41, 5.74) is 2.44. The van der Waals surface area contributed by atoms with Gasteiger partial charge in [0.25, 0.3) is 0 Å². The largest absolute Gasteiger partial charge is 0.494 e. The number of ketones is 1. The number of nitrogens with zero attached hydrogens (tertiary/aromatic N) is 2. The lowest BCUT2D eigenvalue weighted by molar-refractivity contribution is -0.131. The molecule has 0 aliphatic carbocycles. The number of aryl methyl sites for hydroxylation is 1. The van der Waals surface area contributed by atoms with Gasteiger partial charge < -0.3 is 9.47 Å². The minimum absolute atomic E-state index is 0.117. The van der Waals surface area contributed by atoms with Crippen LogP contribution in [0.25, 0.3) is 10.9 Å². The predicted octanol–water partition coefficient (Wildman–Crippen LogP) is 6.91. The third-order valence-corrected chi connectivity index (χ3v) is 13.3. The van der Waals surface area contributed by atoms with E-state index < -0.39 is 13.5 Å². The molecule has 0 aliphatic rings. The first-order chi connectivity index (χ1) is 16.4. The molecule has 190 valence electrons. The first-order valence-corrected chi connectivity index (χ1v) is 15.7. The quantitative estimate of drug-likeness (QED) is 0.272. The van der Waals surface area contributed by atoms with Crippen molar-refractivity contribution in [1.29, 1.82) is 0 Å². The highest BCUT2D eigenvalue weighted by atomic mass is 28.3. The molecule has 0 atom stereocenters. The van der Waals surface area contributed by atoms with Gasteiger partial charge in [0.15, 0.2) is 5.78 Å². The fraction of sp³-hybridized carbons (Fsp3) is 0.517. The zero-order valence-corrected chi connectivity index (χ0v) is 23.8. The molecule has 5 nitrogen and oxygen atoms in total. The van der Waals surface area contributed by atoms with Crippen LogP contribution in [0.2, 0.25) is 24.2 Å². The molecule has 0 amide bonds. The summed E-state index contributed by atoms with van der Waals surface area (Å²) < 4.78 is 13.4. The van der Waals surface area contributed by atoms with Crippen molar-refractivity contribution in [3.05, 3.63) is 59.8 Å². The fourth-order valence-corrected chi connectivity index (χ4v) is 5.58. The van der Waals surface area contributed by atoms with E-state index in [4.69, 9.17) is 14.6 Å². The summed E-state index contributed by atoms with van der Waals surface area (Å²) >= 11 is 0. The summed E-state index contributed by atoms with van der Waals surface area (Å²) in [6, 6.07) is 17.2. The van der Waals surface area contributed by atoms with E-state index in [0.717, 1.165) is 40.4 Å². The second-order valence-corrected chi connectivity index (χ2v) is 17.6. The van der Waals surface area contributed by atoms with E-state index in [2.05, 4.69) is 39.9 Å². The smallest absolute Gasteiger partial charge is 0.162 e. The van der Waals surface area contributed by atoms with Gasteiger partial charge in [-0.05, 0) is 23.1 Å². The Morgan fingerprint density at radius 1 is 1.00 bits per heavy atom. The van der Waals surface area contributed by atoms with E-state index in [9.17, 15) is 4.79 Å². The standard InChI is InChI=1S/C29H42N2O3Si/c1-28(2,3)35(7,8)18-17-24-23-15-12-16-25(33-6)27(23)30-31(24)19-26(32)29(4,5)21-34-20-22-13-10-9-11-14-22/h9-16H,17-21H2,1-8H3. The first-order valence-electron chi connectivity index (χ1n) is 12.5. The number of methoxy groups -OCH3 is 1. The summed E-state index contributed by atoms with van der Waals surface area (Å²) in [6.45, 7) is 17.0. The number of carbonyl (C=O) groups is 1. The van der Waals surface area contributed by atoms with Crippen molar-refractivity contribution < 1.29 is 14.3 Å². The van der Waals surface area contributed by atoms with Crippen molar-refractivity contribution in [2.75, 3.05) is 13.7 Å². The van der Waals surface area contributed by atoms with Crippen LogP contribution in [0.4, 0.5) is 0 Å². The van der Waals surface area contributed by atoms with E-state index in [-0.39, 0.29) is 12.3 Å². The molecular formula is C29H42N2O3Si. The van der Waals surface area contributed by atoms with Crippen molar-refractivity contribution in [3.63, 3.8) is 0 Å². The van der Waals surface area contributed by atoms with Crippen LogP contribution in [0.1, 0.15) is 45.9 Å². The summed E-state index contributed by atoms with van der Waals surface area (Å²) in [6.07, 6.45) is 0.901. The highest BCUT2D eigenvalue weighted by Crippen LogP contribution is 2.40. The van der Waals surface area contributed by atoms with Crippen molar-refractivity contribution in [2.45, 2.75) is 78.4 Å². The third kappa shape index (κ3) is 6.41. The lowest BCUT2D eigenvalue weighted by Gasteiger charge is -2.37. The Bertz CT molecular complexity index is 1140. The molecule has 6 heteroatoms. The average molecular weight is 495 g/mol. The Morgan fingerprint density at radius 2 is 1.69 bits per heavy atom. The molecule has 0 spiro atoms. The minimum atomic E-state index is -1.50. The van der Waals surface area contributed by atoms with Crippen LogP contribution in [0.5, 0.6) is 5.75 Å². The van der Waals surface area contributed by atoms with E-state index in [1.165, 1.54) is 0 Å². The molecular weight excluding hydrogens is 452 g/mol. The van der Waals surface area contributed by atoms with Crippen LogP contribution in [0.3, 0.4) is 0 Å². The number of ether oxygens (including phenoxy) is 2.